The third kappa shape index (κ3) is 1.62. The minimum Gasteiger partial charge on any atom is -0.359 e. The van der Waals surface area contributed by atoms with Crippen molar-refractivity contribution in [3.8, 4) is 0 Å². The molecule has 1 amide bonds. The summed E-state index contributed by atoms with van der Waals surface area (Å²) in [6.07, 6.45) is 5.25. The first kappa shape index (κ1) is 10.8. The minimum atomic E-state index is -0.0790. The van der Waals surface area contributed by atoms with E-state index in [-0.39, 0.29) is 5.91 Å². The number of nitrogens with zero attached hydrogens (tertiary/aromatic N) is 1. The predicted octanol–water partition coefficient (Wildman–Crippen LogP) is 2.52. The summed E-state index contributed by atoms with van der Waals surface area (Å²) in [5.41, 5.74) is 5.55. The number of aromatic nitrogens is 2. The molecule has 0 aliphatic carbocycles. The van der Waals surface area contributed by atoms with Crippen LogP contribution in [0.5, 0.6) is 0 Å². The maximum atomic E-state index is 11.9. The Bertz CT molecular complexity index is 667. The SMILES string of the molecule is Cc1cc(C)c(C=C2C(=O)Nc3cnccc32)[nH]1. The Morgan fingerprint density at radius 1 is 1.33 bits per heavy atom. The normalized spacial score (nSPS) is 15.9. The van der Waals surface area contributed by atoms with E-state index in [9.17, 15) is 4.79 Å². The molecule has 0 radical (unpaired) electrons. The van der Waals surface area contributed by atoms with Crippen LogP contribution < -0.4 is 5.32 Å². The zero-order valence-corrected chi connectivity index (χ0v) is 10.2. The van der Waals surface area contributed by atoms with Crippen molar-refractivity contribution in [2.75, 3.05) is 5.32 Å². The Kier molecular flexibility index (Phi) is 2.30. The molecule has 18 heavy (non-hydrogen) atoms. The first-order valence-electron chi connectivity index (χ1n) is 5.79. The van der Waals surface area contributed by atoms with Crippen LogP contribution in [0.4, 0.5) is 5.69 Å². The van der Waals surface area contributed by atoms with Crippen molar-refractivity contribution in [3.63, 3.8) is 0 Å². The molecule has 0 bridgehead atoms. The first-order valence-corrected chi connectivity index (χ1v) is 5.79. The van der Waals surface area contributed by atoms with E-state index < -0.39 is 0 Å². The smallest absolute Gasteiger partial charge is 0.256 e. The zero-order valence-electron chi connectivity index (χ0n) is 10.2. The summed E-state index contributed by atoms with van der Waals surface area (Å²) in [7, 11) is 0. The fourth-order valence-corrected chi connectivity index (χ4v) is 2.23. The maximum absolute atomic E-state index is 11.9. The number of fused-ring (bicyclic) bond motifs is 1. The van der Waals surface area contributed by atoms with Gasteiger partial charge in [0.05, 0.1) is 17.5 Å². The minimum absolute atomic E-state index is 0.0790. The Labute approximate surface area is 105 Å². The second kappa shape index (κ2) is 3.84. The average Bonchev–Trinajstić information content (AvgIpc) is 2.81. The molecule has 0 unspecified atom stereocenters. The second-order valence-electron chi connectivity index (χ2n) is 4.48. The first-order chi connectivity index (χ1) is 8.65. The maximum Gasteiger partial charge on any atom is 0.256 e. The summed E-state index contributed by atoms with van der Waals surface area (Å²) in [4.78, 5) is 19.2. The molecule has 2 aromatic heterocycles. The number of H-pyrrole nitrogens is 1. The molecule has 3 rings (SSSR count). The standard InChI is InChI=1S/C14H13N3O/c1-8-5-9(2)16-12(8)6-11-10-3-4-15-7-13(10)17-14(11)18/h3-7,16H,1-2H3,(H,17,18). The Morgan fingerprint density at radius 3 is 2.89 bits per heavy atom. The molecule has 2 aromatic rings. The van der Waals surface area contributed by atoms with E-state index >= 15 is 0 Å². The van der Waals surface area contributed by atoms with Crippen LogP contribution >= 0.6 is 0 Å². The van der Waals surface area contributed by atoms with Gasteiger partial charge in [-0.05, 0) is 37.6 Å². The third-order valence-electron chi connectivity index (χ3n) is 3.08. The van der Waals surface area contributed by atoms with Gasteiger partial charge in [-0.15, -0.1) is 0 Å². The predicted molar refractivity (Wildman–Crippen MR) is 71.0 cm³/mol. The lowest BCUT2D eigenvalue weighted by molar-refractivity contribution is -0.110. The largest absolute Gasteiger partial charge is 0.359 e. The van der Waals surface area contributed by atoms with Crippen molar-refractivity contribution in [2.45, 2.75) is 13.8 Å². The van der Waals surface area contributed by atoms with Crippen LogP contribution in [-0.4, -0.2) is 15.9 Å². The molecule has 0 fully saturated rings. The van der Waals surface area contributed by atoms with Crippen molar-refractivity contribution < 1.29 is 4.79 Å². The number of aromatic amines is 1. The number of hydrogen-bond acceptors (Lipinski definition) is 2. The molecular formula is C14H13N3O. The van der Waals surface area contributed by atoms with Crippen LogP contribution in [0.3, 0.4) is 0 Å². The van der Waals surface area contributed by atoms with E-state index in [1.807, 2.05) is 26.0 Å². The number of nitrogens with one attached hydrogen (secondary N) is 2. The molecule has 0 saturated heterocycles. The monoisotopic (exact) mass is 239 g/mol. The fraction of sp³-hybridized carbons (Fsp3) is 0.143. The molecule has 2 N–H and O–H groups in total. The van der Waals surface area contributed by atoms with Gasteiger partial charge in [-0.2, -0.15) is 0 Å². The Balaban J connectivity index is 2.12. The molecule has 1 aliphatic heterocycles. The molecule has 3 heterocycles. The van der Waals surface area contributed by atoms with Crippen molar-refractivity contribution in [1.82, 2.24) is 9.97 Å². The number of pyridine rings is 1. The second-order valence-corrected chi connectivity index (χ2v) is 4.48. The van der Waals surface area contributed by atoms with Gasteiger partial charge in [0.1, 0.15) is 0 Å². The molecule has 4 heteroatoms. The number of hydrogen-bond donors (Lipinski definition) is 2. The summed E-state index contributed by atoms with van der Waals surface area (Å²) >= 11 is 0. The van der Waals surface area contributed by atoms with Crippen molar-refractivity contribution in [3.05, 3.63) is 47.0 Å². The number of carbonyl (C=O) groups is 1. The molecule has 0 spiro atoms. The number of anilines is 1. The quantitative estimate of drug-likeness (QED) is 0.751. The Morgan fingerprint density at radius 2 is 2.17 bits per heavy atom. The topological polar surface area (TPSA) is 57.8 Å². The number of carbonyl (C=O) groups excluding carboxylic acids is 1. The van der Waals surface area contributed by atoms with Crippen molar-refractivity contribution in [2.24, 2.45) is 0 Å². The molecular weight excluding hydrogens is 226 g/mol. The number of aryl methyl sites for hydroxylation is 2. The summed E-state index contributed by atoms with van der Waals surface area (Å²) in [5.74, 6) is -0.0790. The number of amides is 1. The summed E-state index contributed by atoms with van der Waals surface area (Å²) < 4.78 is 0. The summed E-state index contributed by atoms with van der Waals surface area (Å²) in [5, 5.41) is 2.81. The molecule has 4 nitrogen and oxygen atoms in total. The van der Waals surface area contributed by atoms with Crippen LogP contribution in [0.25, 0.3) is 11.6 Å². The van der Waals surface area contributed by atoms with Gasteiger partial charge in [-0.25, -0.2) is 0 Å². The van der Waals surface area contributed by atoms with Crippen LogP contribution in [-0.2, 0) is 4.79 Å². The molecule has 0 atom stereocenters. The van der Waals surface area contributed by atoms with E-state index in [1.165, 1.54) is 0 Å². The highest BCUT2D eigenvalue weighted by Gasteiger charge is 2.24. The van der Waals surface area contributed by atoms with Gasteiger partial charge in [0.25, 0.3) is 5.91 Å². The number of rotatable bonds is 1. The van der Waals surface area contributed by atoms with Gasteiger partial charge < -0.3 is 10.3 Å². The van der Waals surface area contributed by atoms with Crippen LogP contribution in [0.2, 0.25) is 0 Å². The van der Waals surface area contributed by atoms with Crippen molar-refractivity contribution >= 4 is 23.2 Å². The third-order valence-corrected chi connectivity index (χ3v) is 3.08. The van der Waals surface area contributed by atoms with Crippen LogP contribution in [0, 0.1) is 13.8 Å². The van der Waals surface area contributed by atoms with E-state index in [0.717, 1.165) is 28.2 Å². The van der Waals surface area contributed by atoms with Gasteiger partial charge in [-0.3, -0.25) is 9.78 Å². The lowest BCUT2D eigenvalue weighted by Gasteiger charge is -1.97. The molecule has 90 valence electrons. The summed E-state index contributed by atoms with van der Waals surface area (Å²) in [6, 6.07) is 3.91. The van der Waals surface area contributed by atoms with Gasteiger partial charge in [0.2, 0.25) is 0 Å². The highest BCUT2D eigenvalue weighted by atomic mass is 16.2. The molecule has 0 saturated carbocycles. The van der Waals surface area contributed by atoms with Gasteiger partial charge in [-0.1, -0.05) is 0 Å². The summed E-state index contributed by atoms with van der Waals surface area (Å²) in [6.45, 7) is 4.03. The fourth-order valence-electron chi connectivity index (χ4n) is 2.23. The van der Waals surface area contributed by atoms with E-state index in [0.29, 0.717) is 5.57 Å². The van der Waals surface area contributed by atoms with Gasteiger partial charge >= 0.3 is 0 Å². The van der Waals surface area contributed by atoms with Crippen LogP contribution in [0.1, 0.15) is 22.5 Å². The zero-order chi connectivity index (χ0) is 12.7. The molecule has 0 aromatic carbocycles. The molecule has 1 aliphatic rings. The lowest BCUT2D eigenvalue weighted by Crippen LogP contribution is -2.03. The van der Waals surface area contributed by atoms with Gasteiger partial charge in [0, 0.05) is 23.1 Å². The van der Waals surface area contributed by atoms with E-state index in [1.54, 1.807) is 12.4 Å². The van der Waals surface area contributed by atoms with Crippen molar-refractivity contribution in [1.29, 1.82) is 0 Å². The lowest BCUT2D eigenvalue weighted by atomic mass is 10.1. The van der Waals surface area contributed by atoms with E-state index in [2.05, 4.69) is 21.4 Å². The Hall–Kier alpha value is -2.36. The van der Waals surface area contributed by atoms with E-state index in [4.69, 9.17) is 0 Å². The highest BCUT2D eigenvalue weighted by Crippen LogP contribution is 2.32. The highest BCUT2D eigenvalue weighted by molar-refractivity contribution is 6.34. The van der Waals surface area contributed by atoms with Gasteiger partial charge in [0.15, 0.2) is 0 Å². The average molecular weight is 239 g/mol. The van der Waals surface area contributed by atoms with Crippen LogP contribution in [0.15, 0.2) is 24.5 Å².